The number of phenolic OH excluding ortho intramolecular Hbond substituents is 1. The maximum Gasteiger partial charge on any atom is 0.125 e. The van der Waals surface area contributed by atoms with E-state index in [9.17, 15) is 15.3 Å². The number of phenols is 1. The summed E-state index contributed by atoms with van der Waals surface area (Å²) in [6.07, 6.45) is 1.05. The number of benzene rings is 1. The van der Waals surface area contributed by atoms with E-state index in [0.29, 0.717) is 25.0 Å². The van der Waals surface area contributed by atoms with Gasteiger partial charge in [-0.2, -0.15) is 0 Å². The molecular formula is C16H24O4. The Morgan fingerprint density at radius 3 is 2.30 bits per heavy atom. The highest BCUT2D eigenvalue weighted by Gasteiger charge is 2.52. The highest BCUT2D eigenvalue weighted by atomic mass is 16.5. The minimum Gasteiger partial charge on any atom is -0.507 e. The predicted octanol–water partition coefficient (Wildman–Crippen LogP) is 1.71. The van der Waals surface area contributed by atoms with Crippen LogP contribution in [0.25, 0.3) is 0 Å². The Morgan fingerprint density at radius 2 is 1.75 bits per heavy atom. The Kier molecular flexibility index (Phi) is 3.61. The van der Waals surface area contributed by atoms with Crippen LogP contribution in [0, 0.1) is 13.8 Å². The molecule has 0 saturated heterocycles. The first-order valence-corrected chi connectivity index (χ1v) is 6.93. The second-order valence-corrected chi connectivity index (χ2v) is 6.20. The Labute approximate surface area is 120 Å². The van der Waals surface area contributed by atoms with Gasteiger partial charge in [0.1, 0.15) is 11.4 Å². The number of aromatic hydroxyl groups is 1. The highest BCUT2D eigenvalue weighted by Crippen LogP contribution is 2.51. The van der Waals surface area contributed by atoms with E-state index in [2.05, 4.69) is 0 Å². The van der Waals surface area contributed by atoms with E-state index in [-0.39, 0.29) is 5.75 Å². The highest BCUT2D eigenvalue weighted by molar-refractivity contribution is 5.60. The third-order valence-corrected chi connectivity index (χ3v) is 4.86. The van der Waals surface area contributed by atoms with E-state index < -0.39 is 11.2 Å². The molecule has 3 N–H and O–H groups in total. The Balaban J connectivity index is 2.67. The number of hydrogen-bond acceptors (Lipinski definition) is 4. The van der Waals surface area contributed by atoms with Gasteiger partial charge in [-0.1, -0.05) is 0 Å². The number of fused-ring (bicyclic) bond motifs is 1. The van der Waals surface area contributed by atoms with Gasteiger partial charge in [0.25, 0.3) is 0 Å². The van der Waals surface area contributed by atoms with Gasteiger partial charge in [-0.3, -0.25) is 0 Å². The summed E-state index contributed by atoms with van der Waals surface area (Å²) < 4.78 is 5.12. The summed E-state index contributed by atoms with van der Waals surface area (Å²) in [4.78, 5) is 0. The van der Waals surface area contributed by atoms with Crippen molar-refractivity contribution in [3.05, 3.63) is 27.8 Å². The van der Waals surface area contributed by atoms with Crippen LogP contribution in [-0.2, 0) is 23.2 Å². The minimum atomic E-state index is -1.44. The van der Waals surface area contributed by atoms with Crippen molar-refractivity contribution in [3.63, 3.8) is 0 Å². The first-order valence-electron chi connectivity index (χ1n) is 6.93. The molecule has 0 heterocycles. The first-order chi connectivity index (χ1) is 9.15. The molecule has 4 heteroatoms. The van der Waals surface area contributed by atoms with E-state index in [1.807, 2.05) is 13.8 Å². The molecule has 0 aromatic heterocycles. The zero-order chi connectivity index (χ0) is 15.3. The lowest BCUT2D eigenvalue weighted by molar-refractivity contribution is -0.123. The van der Waals surface area contributed by atoms with Gasteiger partial charge in [-0.15, -0.1) is 0 Å². The summed E-state index contributed by atoms with van der Waals surface area (Å²) in [6.45, 7) is 7.57. The SMILES string of the molecule is COCCc1c(C)c(O)c2c(c1C)CC(C)(O)C2(C)O. The molecule has 4 nitrogen and oxygen atoms in total. The average Bonchev–Trinajstić information content (AvgIpc) is 2.54. The fourth-order valence-corrected chi connectivity index (χ4v) is 3.23. The van der Waals surface area contributed by atoms with Crippen molar-refractivity contribution in [1.29, 1.82) is 0 Å². The smallest absolute Gasteiger partial charge is 0.125 e. The lowest BCUT2D eigenvalue weighted by Gasteiger charge is -2.32. The van der Waals surface area contributed by atoms with E-state index in [4.69, 9.17) is 4.74 Å². The van der Waals surface area contributed by atoms with Crippen molar-refractivity contribution in [2.45, 2.75) is 51.7 Å². The summed E-state index contributed by atoms with van der Waals surface area (Å²) >= 11 is 0. The molecule has 0 aliphatic heterocycles. The van der Waals surface area contributed by atoms with E-state index in [0.717, 1.165) is 22.3 Å². The molecule has 0 bridgehead atoms. The van der Waals surface area contributed by atoms with Gasteiger partial charge in [0, 0.05) is 19.1 Å². The largest absolute Gasteiger partial charge is 0.507 e. The van der Waals surface area contributed by atoms with Crippen molar-refractivity contribution < 1.29 is 20.1 Å². The quantitative estimate of drug-likeness (QED) is 0.788. The van der Waals surface area contributed by atoms with Crippen molar-refractivity contribution in [3.8, 4) is 5.75 Å². The molecular weight excluding hydrogens is 256 g/mol. The lowest BCUT2D eigenvalue weighted by atomic mass is 9.84. The summed E-state index contributed by atoms with van der Waals surface area (Å²) in [7, 11) is 1.65. The van der Waals surface area contributed by atoms with Crippen LogP contribution in [0.15, 0.2) is 0 Å². The third kappa shape index (κ3) is 1.94. The maximum absolute atomic E-state index is 10.6. The van der Waals surface area contributed by atoms with Crippen LogP contribution in [0.3, 0.4) is 0 Å². The first kappa shape index (κ1) is 15.3. The molecule has 0 spiro atoms. The Bertz CT molecular complexity index is 544. The monoisotopic (exact) mass is 280 g/mol. The fourth-order valence-electron chi connectivity index (χ4n) is 3.23. The Morgan fingerprint density at radius 1 is 1.15 bits per heavy atom. The van der Waals surface area contributed by atoms with Crippen LogP contribution in [0.4, 0.5) is 0 Å². The summed E-state index contributed by atoms with van der Waals surface area (Å²) in [5.41, 5.74) is 1.44. The van der Waals surface area contributed by atoms with Gasteiger partial charge in [0.2, 0.25) is 0 Å². The van der Waals surface area contributed by atoms with Gasteiger partial charge in [0.15, 0.2) is 0 Å². The molecule has 20 heavy (non-hydrogen) atoms. The molecule has 0 radical (unpaired) electrons. The van der Waals surface area contributed by atoms with E-state index in [1.165, 1.54) is 0 Å². The molecule has 2 atom stereocenters. The fraction of sp³-hybridized carbons (Fsp3) is 0.625. The van der Waals surface area contributed by atoms with Crippen LogP contribution in [0.2, 0.25) is 0 Å². The molecule has 2 rings (SSSR count). The number of aliphatic hydroxyl groups is 2. The molecule has 0 fully saturated rings. The summed E-state index contributed by atoms with van der Waals surface area (Å²) in [6, 6.07) is 0. The predicted molar refractivity (Wildman–Crippen MR) is 77.1 cm³/mol. The summed E-state index contributed by atoms with van der Waals surface area (Å²) in [5.74, 6) is 0.0967. The van der Waals surface area contributed by atoms with Gasteiger partial charge >= 0.3 is 0 Å². The zero-order valence-corrected chi connectivity index (χ0v) is 12.9. The molecule has 1 aromatic rings. The van der Waals surface area contributed by atoms with Gasteiger partial charge in [-0.05, 0) is 56.4 Å². The molecule has 1 aromatic carbocycles. The van der Waals surface area contributed by atoms with Crippen LogP contribution in [0.1, 0.15) is 41.7 Å². The minimum absolute atomic E-state index is 0.0967. The lowest BCUT2D eigenvalue weighted by Crippen LogP contribution is -2.44. The van der Waals surface area contributed by atoms with E-state index >= 15 is 0 Å². The molecule has 112 valence electrons. The third-order valence-electron chi connectivity index (χ3n) is 4.86. The van der Waals surface area contributed by atoms with Gasteiger partial charge in [-0.25, -0.2) is 0 Å². The van der Waals surface area contributed by atoms with Crippen LogP contribution < -0.4 is 0 Å². The van der Waals surface area contributed by atoms with Crippen molar-refractivity contribution in [2.75, 3.05) is 13.7 Å². The second-order valence-electron chi connectivity index (χ2n) is 6.20. The number of ether oxygens (including phenoxy) is 1. The number of rotatable bonds is 3. The van der Waals surface area contributed by atoms with Gasteiger partial charge < -0.3 is 20.1 Å². The molecule has 2 unspecified atom stereocenters. The van der Waals surface area contributed by atoms with E-state index in [1.54, 1.807) is 21.0 Å². The van der Waals surface area contributed by atoms with Gasteiger partial charge in [0.05, 0.1) is 12.2 Å². The normalized spacial score (nSPS) is 28.8. The van der Waals surface area contributed by atoms with Crippen molar-refractivity contribution in [2.24, 2.45) is 0 Å². The second kappa shape index (κ2) is 4.72. The molecule has 1 aliphatic carbocycles. The molecule has 0 saturated carbocycles. The van der Waals surface area contributed by atoms with Crippen LogP contribution in [0.5, 0.6) is 5.75 Å². The Hall–Kier alpha value is -1.10. The zero-order valence-electron chi connectivity index (χ0n) is 12.9. The topological polar surface area (TPSA) is 69.9 Å². The standard InChI is InChI=1S/C16H24O4/c1-9-11(6-7-20-5)10(2)14(17)13-12(9)8-15(3,18)16(13,4)19/h17-19H,6-8H2,1-5H3. The number of methoxy groups -OCH3 is 1. The number of hydrogen-bond donors (Lipinski definition) is 3. The summed E-state index contributed by atoms with van der Waals surface area (Å²) in [5, 5.41) is 31.6. The maximum atomic E-state index is 10.6. The average molecular weight is 280 g/mol. The van der Waals surface area contributed by atoms with Crippen LogP contribution >= 0.6 is 0 Å². The molecule has 0 amide bonds. The molecule has 1 aliphatic rings. The van der Waals surface area contributed by atoms with Crippen LogP contribution in [-0.4, -0.2) is 34.6 Å². The van der Waals surface area contributed by atoms with Crippen molar-refractivity contribution in [1.82, 2.24) is 0 Å². The van der Waals surface area contributed by atoms with Crippen molar-refractivity contribution >= 4 is 0 Å².